The minimum absolute atomic E-state index is 0.0189. The predicted molar refractivity (Wildman–Crippen MR) is 97.3 cm³/mol. The van der Waals surface area contributed by atoms with Crippen LogP contribution in [-0.4, -0.2) is 21.1 Å². The molecule has 0 bridgehead atoms. The Kier molecular flexibility index (Phi) is 4.53. The number of benzene rings is 2. The van der Waals surface area contributed by atoms with Crippen molar-refractivity contribution in [3.8, 4) is 0 Å². The van der Waals surface area contributed by atoms with Gasteiger partial charge in [-0.1, -0.05) is 36.5 Å². The molecular formula is C17H12N4O2S. The number of non-ortho nitro benzene ring substituents is 1. The molecule has 0 spiro atoms. The third kappa shape index (κ3) is 3.58. The molecule has 2 aromatic carbocycles. The zero-order chi connectivity index (χ0) is 16.9. The fraction of sp³-hybridized carbons (Fsp3) is 0. The molecule has 1 heterocycles. The third-order valence-electron chi connectivity index (χ3n) is 3.32. The Labute approximate surface area is 143 Å². The number of thiocarbonyl (C=S) groups is 1. The van der Waals surface area contributed by atoms with Crippen molar-refractivity contribution in [3.63, 3.8) is 0 Å². The molecule has 0 aliphatic rings. The number of nitrogens with one attached hydrogen (secondary N) is 1. The summed E-state index contributed by atoms with van der Waals surface area (Å²) in [5.74, 6) is 0. The van der Waals surface area contributed by atoms with Crippen LogP contribution in [0.1, 0.15) is 11.3 Å². The first-order valence-electron chi connectivity index (χ1n) is 7.07. The van der Waals surface area contributed by atoms with Gasteiger partial charge in [0.1, 0.15) is 4.99 Å². The second kappa shape index (κ2) is 6.93. The Morgan fingerprint density at radius 1 is 1.12 bits per heavy atom. The van der Waals surface area contributed by atoms with Gasteiger partial charge in [-0.05, 0) is 24.3 Å². The van der Waals surface area contributed by atoms with Gasteiger partial charge in [-0.3, -0.25) is 15.5 Å². The van der Waals surface area contributed by atoms with E-state index >= 15 is 0 Å². The lowest BCUT2D eigenvalue weighted by atomic mass is 10.2. The molecule has 0 fully saturated rings. The largest absolute Gasteiger partial charge is 0.269 e. The third-order valence-corrected chi connectivity index (χ3v) is 3.65. The highest BCUT2D eigenvalue weighted by Crippen LogP contribution is 2.12. The van der Waals surface area contributed by atoms with Gasteiger partial charge in [0.05, 0.1) is 22.3 Å². The second-order valence-corrected chi connectivity index (χ2v) is 5.34. The van der Waals surface area contributed by atoms with E-state index in [9.17, 15) is 10.1 Å². The maximum atomic E-state index is 10.6. The van der Waals surface area contributed by atoms with E-state index in [4.69, 9.17) is 12.2 Å². The number of nitrogens with zero attached hydrogens (tertiary/aromatic N) is 3. The molecule has 0 saturated heterocycles. The van der Waals surface area contributed by atoms with Gasteiger partial charge in [0, 0.05) is 23.1 Å². The second-order valence-electron chi connectivity index (χ2n) is 4.93. The number of fused-ring (bicyclic) bond motifs is 1. The van der Waals surface area contributed by atoms with Crippen molar-refractivity contribution in [3.05, 3.63) is 82.0 Å². The van der Waals surface area contributed by atoms with Crippen molar-refractivity contribution < 1.29 is 4.92 Å². The minimum atomic E-state index is -0.455. The lowest BCUT2D eigenvalue weighted by Gasteiger charge is -2.02. The highest BCUT2D eigenvalue weighted by molar-refractivity contribution is 7.80. The number of para-hydroxylation sites is 1. The summed E-state index contributed by atoms with van der Waals surface area (Å²) in [4.78, 5) is 15.0. The molecule has 118 valence electrons. The van der Waals surface area contributed by atoms with Crippen molar-refractivity contribution in [1.29, 1.82) is 0 Å². The van der Waals surface area contributed by atoms with Crippen LogP contribution < -0.4 is 5.43 Å². The summed E-state index contributed by atoms with van der Waals surface area (Å²) in [7, 11) is 0. The highest BCUT2D eigenvalue weighted by Gasteiger charge is 2.06. The smallest absolute Gasteiger partial charge is 0.267 e. The fourth-order valence-electron chi connectivity index (χ4n) is 2.11. The summed E-state index contributed by atoms with van der Waals surface area (Å²) in [5.41, 5.74) is 5.00. The molecule has 0 atom stereocenters. The molecule has 7 heteroatoms. The van der Waals surface area contributed by atoms with Gasteiger partial charge in [0.2, 0.25) is 0 Å². The van der Waals surface area contributed by atoms with E-state index in [1.165, 1.54) is 12.1 Å². The number of nitro benzene ring substituents is 1. The quantitative estimate of drug-likeness (QED) is 0.342. The zero-order valence-corrected chi connectivity index (χ0v) is 13.2. The van der Waals surface area contributed by atoms with E-state index < -0.39 is 4.92 Å². The normalized spacial score (nSPS) is 10.8. The minimum Gasteiger partial charge on any atom is -0.267 e. The van der Waals surface area contributed by atoms with E-state index in [1.54, 1.807) is 18.3 Å². The maximum absolute atomic E-state index is 10.6. The van der Waals surface area contributed by atoms with Crippen molar-refractivity contribution in [2.24, 2.45) is 5.10 Å². The molecule has 1 N–H and O–H groups in total. The summed E-state index contributed by atoms with van der Waals surface area (Å²) in [6.45, 7) is 0. The van der Waals surface area contributed by atoms with Gasteiger partial charge >= 0.3 is 0 Å². The molecule has 24 heavy (non-hydrogen) atoms. The van der Waals surface area contributed by atoms with Gasteiger partial charge in [-0.25, -0.2) is 4.98 Å². The first-order valence-corrected chi connectivity index (χ1v) is 7.48. The summed E-state index contributed by atoms with van der Waals surface area (Å²) < 4.78 is 0. The summed E-state index contributed by atoms with van der Waals surface area (Å²) >= 11 is 5.21. The van der Waals surface area contributed by atoms with Crippen molar-refractivity contribution in [2.45, 2.75) is 0 Å². The lowest BCUT2D eigenvalue weighted by molar-refractivity contribution is -0.384. The molecular weight excluding hydrogens is 324 g/mol. The molecule has 0 aliphatic carbocycles. The van der Waals surface area contributed by atoms with E-state index in [0.717, 1.165) is 10.9 Å². The Balaban J connectivity index is 1.68. The van der Waals surface area contributed by atoms with Crippen molar-refractivity contribution >= 4 is 40.0 Å². The van der Waals surface area contributed by atoms with E-state index in [-0.39, 0.29) is 5.69 Å². The fourth-order valence-corrected chi connectivity index (χ4v) is 2.30. The monoisotopic (exact) mass is 336 g/mol. The van der Waals surface area contributed by atoms with E-state index in [2.05, 4.69) is 15.5 Å². The Morgan fingerprint density at radius 3 is 2.62 bits per heavy atom. The summed E-state index contributed by atoms with van der Waals surface area (Å²) in [6.07, 6.45) is 1.57. The number of nitro groups is 1. The van der Waals surface area contributed by atoms with Crippen LogP contribution in [0.15, 0.2) is 65.8 Å². The van der Waals surface area contributed by atoms with Crippen LogP contribution in [0.3, 0.4) is 0 Å². The average molecular weight is 336 g/mol. The maximum Gasteiger partial charge on any atom is 0.269 e. The Hall–Kier alpha value is -3.19. The number of aromatic nitrogens is 1. The van der Waals surface area contributed by atoms with Crippen LogP contribution in [0.4, 0.5) is 5.69 Å². The van der Waals surface area contributed by atoms with Gasteiger partial charge in [-0.15, -0.1) is 0 Å². The molecule has 1 aromatic heterocycles. The Morgan fingerprint density at radius 2 is 1.88 bits per heavy atom. The molecule has 0 amide bonds. The van der Waals surface area contributed by atoms with E-state index in [0.29, 0.717) is 16.2 Å². The molecule has 3 rings (SSSR count). The van der Waals surface area contributed by atoms with Gasteiger partial charge < -0.3 is 0 Å². The summed E-state index contributed by atoms with van der Waals surface area (Å²) in [5, 5.41) is 15.8. The number of pyridine rings is 1. The molecule has 0 saturated carbocycles. The van der Waals surface area contributed by atoms with E-state index in [1.807, 2.05) is 36.4 Å². The number of hydrogen-bond acceptors (Lipinski definition) is 5. The first kappa shape index (κ1) is 15.7. The lowest BCUT2D eigenvalue weighted by Crippen LogP contribution is -2.16. The SMILES string of the molecule is O=[N+]([O-])c1ccc(C(=S)N/N=C/c2ccc3ccccc3n2)cc1. The highest BCUT2D eigenvalue weighted by atomic mass is 32.1. The summed E-state index contributed by atoms with van der Waals surface area (Å²) in [6, 6.07) is 17.6. The van der Waals surface area contributed by atoms with Crippen LogP contribution in [0, 0.1) is 10.1 Å². The molecule has 6 nitrogen and oxygen atoms in total. The van der Waals surface area contributed by atoms with Crippen molar-refractivity contribution in [2.75, 3.05) is 0 Å². The van der Waals surface area contributed by atoms with Gasteiger partial charge in [-0.2, -0.15) is 5.10 Å². The van der Waals surface area contributed by atoms with Crippen LogP contribution in [0.5, 0.6) is 0 Å². The zero-order valence-electron chi connectivity index (χ0n) is 12.4. The van der Waals surface area contributed by atoms with Crippen LogP contribution in [0.2, 0.25) is 0 Å². The number of rotatable bonds is 4. The predicted octanol–water partition coefficient (Wildman–Crippen LogP) is 3.44. The average Bonchev–Trinajstić information content (AvgIpc) is 2.61. The van der Waals surface area contributed by atoms with Gasteiger partial charge in [0.15, 0.2) is 0 Å². The van der Waals surface area contributed by atoms with Crippen LogP contribution >= 0.6 is 12.2 Å². The first-order chi connectivity index (χ1) is 11.6. The molecule has 3 aromatic rings. The number of hydrazone groups is 1. The van der Waals surface area contributed by atoms with Crippen LogP contribution in [0.25, 0.3) is 10.9 Å². The molecule has 0 radical (unpaired) electrons. The topological polar surface area (TPSA) is 80.4 Å². The number of hydrogen-bond donors (Lipinski definition) is 1. The van der Waals surface area contributed by atoms with Gasteiger partial charge in [0.25, 0.3) is 5.69 Å². The molecule has 0 unspecified atom stereocenters. The Bertz CT molecular complexity index is 939. The van der Waals surface area contributed by atoms with Crippen molar-refractivity contribution in [1.82, 2.24) is 10.4 Å². The molecule has 0 aliphatic heterocycles. The standard InChI is InChI=1S/C17H12N4O2S/c22-21(23)15-9-6-13(7-10-15)17(24)20-18-11-14-8-5-12-3-1-2-4-16(12)19-14/h1-11H,(H,20,24)/b18-11+. The van der Waals surface area contributed by atoms with Crippen LogP contribution in [-0.2, 0) is 0 Å².